The molecule has 0 aliphatic heterocycles. The molecular weight excluding hydrogens is 132 g/mol. The zero-order chi connectivity index (χ0) is 7.82. The van der Waals surface area contributed by atoms with Gasteiger partial charge in [0.25, 0.3) is 0 Å². The second-order valence-corrected chi connectivity index (χ2v) is 2.00. The molecular formula is C6H14N2O2. The third kappa shape index (κ3) is 7.39. The Morgan fingerprint density at radius 2 is 2.20 bits per heavy atom. The fraction of sp³-hybridized carbons (Fsp3) is 0.833. The van der Waals surface area contributed by atoms with Crippen LogP contribution >= 0.6 is 0 Å². The number of carboxylic acids is 1. The van der Waals surface area contributed by atoms with Gasteiger partial charge in [0, 0.05) is 6.67 Å². The van der Waals surface area contributed by atoms with E-state index in [4.69, 9.17) is 5.11 Å². The van der Waals surface area contributed by atoms with Gasteiger partial charge in [0.05, 0.1) is 6.54 Å². The van der Waals surface area contributed by atoms with Crippen molar-refractivity contribution in [1.82, 2.24) is 10.6 Å². The molecule has 0 aliphatic rings. The van der Waals surface area contributed by atoms with E-state index >= 15 is 0 Å². The Hall–Kier alpha value is -0.610. The van der Waals surface area contributed by atoms with Crippen LogP contribution in [0.3, 0.4) is 0 Å². The van der Waals surface area contributed by atoms with Crippen molar-refractivity contribution in [3.05, 3.63) is 0 Å². The second-order valence-electron chi connectivity index (χ2n) is 2.00. The van der Waals surface area contributed by atoms with Gasteiger partial charge in [-0.1, -0.05) is 6.92 Å². The van der Waals surface area contributed by atoms with E-state index in [9.17, 15) is 4.79 Å². The van der Waals surface area contributed by atoms with Gasteiger partial charge in [-0.05, 0) is 13.0 Å². The molecule has 0 heterocycles. The van der Waals surface area contributed by atoms with Crippen molar-refractivity contribution in [1.29, 1.82) is 0 Å². The maximum atomic E-state index is 9.94. The molecule has 0 saturated carbocycles. The van der Waals surface area contributed by atoms with Crippen molar-refractivity contribution in [3.63, 3.8) is 0 Å². The van der Waals surface area contributed by atoms with Crippen molar-refractivity contribution in [2.45, 2.75) is 13.3 Å². The predicted molar refractivity (Wildman–Crippen MR) is 38.8 cm³/mol. The number of nitrogens with one attached hydrogen (secondary N) is 2. The minimum Gasteiger partial charge on any atom is -0.480 e. The molecule has 0 rings (SSSR count). The lowest BCUT2D eigenvalue weighted by Gasteiger charge is -2.01. The summed E-state index contributed by atoms with van der Waals surface area (Å²) in [5.74, 6) is -0.821. The smallest absolute Gasteiger partial charge is 0.317 e. The average Bonchev–Trinajstić information content (AvgIpc) is 1.87. The summed E-state index contributed by atoms with van der Waals surface area (Å²) < 4.78 is 0. The molecule has 0 fully saturated rings. The molecule has 0 aromatic heterocycles. The fourth-order valence-corrected chi connectivity index (χ4v) is 0.523. The topological polar surface area (TPSA) is 61.4 Å². The number of carboxylic acid groups (broad SMARTS) is 1. The standard InChI is InChI=1S/C6H14N2O2/c1-2-3-7-5-8-4-6(9)10/h7-8H,2-5H2,1H3,(H,9,10). The van der Waals surface area contributed by atoms with Crippen LogP contribution in [0.5, 0.6) is 0 Å². The number of hydrogen-bond donors (Lipinski definition) is 3. The zero-order valence-corrected chi connectivity index (χ0v) is 6.18. The lowest BCUT2D eigenvalue weighted by molar-refractivity contribution is -0.135. The Bertz CT molecular complexity index is 95.7. The van der Waals surface area contributed by atoms with E-state index in [1.165, 1.54) is 0 Å². The number of aliphatic carboxylic acids is 1. The van der Waals surface area contributed by atoms with E-state index in [-0.39, 0.29) is 6.54 Å². The summed E-state index contributed by atoms with van der Waals surface area (Å²) in [6.07, 6.45) is 1.06. The summed E-state index contributed by atoms with van der Waals surface area (Å²) in [5, 5.41) is 13.9. The van der Waals surface area contributed by atoms with Gasteiger partial charge in [-0.3, -0.25) is 10.1 Å². The van der Waals surface area contributed by atoms with Crippen molar-refractivity contribution in [3.8, 4) is 0 Å². The average molecular weight is 146 g/mol. The first-order valence-corrected chi connectivity index (χ1v) is 3.40. The van der Waals surface area contributed by atoms with E-state index in [0.717, 1.165) is 13.0 Å². The first kappa shape index (κ1) is 9.39. The summed E-state index contributed by atoms with van der Waals surface area (Å²) >= 11 is 0. The van der Waals surface area contributed by atoms with Crippen molar-refractivity contribution < 1.29 is 9.90 Å². The van der Waals surface area contributed by atoms with Gasteiger partial charge in [0.15, 0.2) is 0 Å². The monoisotopic (exact) mass is 146 g/mol. The molecule has 3 N–H and O–H groups in total. The van der Waals surface area contributed by atoms with Gasteiger partial charge in [-0.25, -0.2) is 0 Å². The van der Waals surface area contributed by atoms with Crippen LogP contribution in [-0.2, 0) is 4.79 Å². The molecule has 0 spiro atoms. The van der Waals surface area contributed by atoms with Crippen molar-refractivity contribution in [2.75, 3.05) is 19.8 Å². The van der Waals surface area contributed by atoms with Crippen molar-refractivity contribution in [2.24, 2.45) is 0 Å². The van der Waals surface area contributed by atoms with Gasteiger partial charge >= 0.3 is 5.97 Å². The molecule has 60 valence electrons. The first-order chi connectivity index (χ1) is 4.77. The minimum atomic E-state index is -0.821. The third-order valence-corrected chi connectivity index (χ3v) is 0.953. The Labute approximate surface area is 60.6 Å². The Morgan fingerprint density at radius 1 is 1.50 bits per heavy atom. The van der Waals surface area contributed by atoms with Gasteiger partial charge in [0.2, 0.25) is 0 Å². The zero-order valence-electron chi connectivity index (χ0n) is 6.18. The highest BCUT2D eigenvalue weighted by Crippen LogP contribution is 1.66. The maximum absolute atomic E-state index is 9.94. The Kier molecular flexibility index (Phi) is 6.11. The van der Waals surface area contributed by atoms with Crippen LogP contribution in [0.25, 0.3) is 0 Å². The van der Waals surface area contributed by atoms with E-state index < -0.39 is 5.97 Å². The number of carbonyl (C=O) groups is 1. The molecule has 0 unspecified atom stereocenters. The third-order valence-electron chi connectivity index (χ3n) is 0.953. The van der Waals surface area contributed by atoms with Crippen LogP contribution in [-0.4, -0.2) is 30.8 Å². The highest BCUT2D eigenvalue weighted by atomic mass is 16.4. The highest BCUT2D eigenvalue weighted by Gasteiger charge is 1.91. The SMILES string of the molecule is CCCNCNCC(=O)O. The van der Waals surface area contributed by atoms with Gasteiger partial charge in [-0.2, -0.15) is 0 Å². The summed E-state index contributed by atoms with van der Waals surface area (Å²) in [4.78, 5) is 9.94. The Morgan fingerprint density at radius 3 is 2.70 bits per heavy atom. The van der Waals surface area contributed by atoms with Crippen LogP contribution in [0.2, 0.25) is 0 Å². The summed E-state index contributed by atoms with van der Waals surface area (Å²) in [6.45, 7) is 3.58. The van der Waals surface area contributed by atoms with Gasteiger partial charge in [-0.15, -0.1) is 0 Å². The normalized spacial score (nSPS) is 9.70. The van der Waals surface area contributed by atoms with Crippen LogP contribution in [0.4, 0.5) is 0 Å². The van der Waals surface area contributed by atoms with Crippen LogP contribution in [0, 0.1) is 0 Å². The van der Waals surface area contributed by atoms with Gasteiger partial charge < -0.3 is 10.4 Å². The summed E-state index contributed by atoms with van der Waals surface area (Å²) in [5.41, 5.74) is 0. The van der Waals surface area contributed by atoms with E-state index in [0.29, 0.717) is 6.67 Å². The summed E-state index contributed by atoms with van der Waals surface area (Å²) in [6, 6.07) is 0. The minimum absolute atomic E-state index is 0.0245. The summed E-state index contributed by atoms with van der Waals surface area (Å²) in [7, 11) is 0. The highest BCUT2D eigenvalue weighted by molar-refractivity contribution is 5.68. The molecule has 0 aliphatic carbocycles. The second kappa shape index (κ2) is 6.51. The van der Waals surface area contributed by atoms with Crippen molar-refractivity contribution >= 4 is 5.97 Å². The van der Waals surface area contributed by atoms with E-state index in [2.05, 4.69) is 17.6 Å². The largest absolute Gasteiger partial charge is 0.480 e. The molecule has 10 heavy (non-hydrogen) atoms. The number of hydrogen-bond acceptors (Lipinski definition) is 3. The number of rotatable bonds is 6. The molecule has 0 radical (unpaired) electrons. The van der Waals surface area contributed by atoms with Crippen LogP contribution in [0.15, 0.2) is 0 Å². The molecule has 4 nitrogen and oxygen atoms in total. The fourth-order valence-electron chi connectivity index (χ4n) is 0.523. The molecule has 0 atom stereocenters. The van der Waals surface area contributed by atoms with Gasteiger partial charge in [0.1, 0.15) is 0 Å². The molecule has 0 bridgehead atoms. The molecule has 0 saturated heterocycles. The molecule has 0 aromatic rings. The molecule has 0 amide bonds. The predicted octanol–water partition coefficient (Wildman–Crippen LogP) is -0.382. The first-order valence-electron chi connectivity index (χ1n) is 3.40. The molecule has 0 aromatic carbocycles. The van der Waals surface area contributed by atoms with E-state index in [1.54, 1.807) is 0 Å². The van der Waals surface area contributed by atoms with E-state index in [1.807, 2.05) is 0 Å². The lowest BCUT2D eigenvalue weighted by Crippen LogP contribution is -2.33. The lowest BCUT2D eigenvalue weighted by atomic mass is 10.5. The van der Waals surface area contributed by atoms with Crippen LogP contribution in [0.1, 0.15) is 13.3 Å². The van der Waals surface area contributed by atoms with Crippen LogP contribution < -0.4 is 10.6 Å². The molecule has 4 heteroatoms. The Balaban J connectivity index is 2.84. The quantitative estimate of drug-likeness (QED) is 0.353. The maximum Gasteiger partial charge on any atom is 0.317 e.